The van der Waals surface area contributed by atoms with Gasteiger partial charge in [-0.25, -0.2) is 0 Å². The molecule has 0 aromatic heterocycles. The van der Waals surface area contributed by atoms with Gasteiger partial charge >= 0.3 is 0 Å². The highest BCUT2D eigenvalue weighted by atomic mass is 16.2. The van der Waals surface area contributed by atoms with Gasteiger partial charge < -0.3 is 15.1 Å². The van der Waals surface area contributed by atoms with Crippen molar-refractivity contribution < 1.29 is 9.59 Å². The number of rotatable bonds is 5. The van der Waals surface area contributed by atoms with Gasteiger partial charge in [0, 0.05) is 18.5 Å². The molecule has 1 N–H and O–H groups in total. The van der Waals surface area contributed by atoms with E-state index in [4.69, 9.17) is 0 Å². The Kier molecular flexibility index (Phi) is 5.19. The molecule has 0 saturated carbocycles. The molecule has 0 bridgehead atoms. The predicted octanol–water partition coefficient (Wildman–Crippen LogP) is 1.23. The number of nitrogens with one attached hydrogen (secondary N) is 1. The van der Waals surface area contributed by atoms with E-state index in [2.05, 4.69) is 10.2 Å². The maximum Gasteiger partial charge on any atom is 0.246 e. The number of nitrogens with zero attached hydrogens (tertiary/aromatic N) is 2. The third-order valence-electron chi connectivity index (χ3n) is 3.69. The summed E-state index contributed by atoms with van der Waals surface area (Å²) in [6.45, 7) is 9.32. The summed E-state index contributed by atoms with van der Waals surface area (Å²) in [5, 5.41) is 3.01. The molecule has 0 radical (unpaired) electrons. The molecule has 20 heavy (non-hydrogen) atoms. The van der Waals surface area contributed by atoms with Gasteiger partial charge in [-0.1, -0.05) is 0 Å². The Morgan fingerprint density at radius 3 is 2.50 bits per heavy atom. The molecular formula is C15H29N3O2. The zero-order valence-electron chi connectivity index (χ0n) is 13.7. The van der Waals surface area contributed by atoms with Gasteiger partial charge in [-0.05, 0) is 61.2 Å². The molecule has 0 spiro atoms. The Labute approximate surface area is 122 Å². The lowest BCUT2D eigenvalue weighted by Crippen LogP contribution is -2.58. The second-order valence-corrected chi connectivity index (χ2v) is 7.18. The van der Waals surface area contributed by atoms with Crippen LogP contribution in [0, 0.1) is 0 Å². The van der Waals surface area contributed by atoms with Crippen LogP contribution in [0.3, 0.4) is 0 Å². The molecule has 1 saturated heterocycles. The summed E-state index contributed by atoms with van der Waals surface area (Å²) in [5.74, 6) is 0.0519. The van der Waals surface area contributed by atoms with Gasteiger partial charge in [0.1, 0.15) is 5.54 Å². The number of amides is 2. The largest absolute Gasteiger partial charge is 0.349 e. The second-order valence-electron chi connectivity index (χ2n) is 7.18. The number of hydrogen-bond donors (Lipinski definition) is 1. The minimum absolute atomic E-state index is 0.0410. The van der Waals surface area contributed by atoms with Gasteiger partial charge in [0.05, 0.1) is 0 Å². The SMILES string of the molecule is CN(C)CCCN1C(=O)CCC1(C)C(=O)NC(C)(C)C. The van der Waals surface area contributed by atoms with Gasteiger partial charge in [0.15, 0.2) is 0 Å². The quantitative estimate of drug-likeness (QED) is 0.826. The van der Waals surface area contributed by atoms with Crippen LogP contribution in [0.4, 0.5) is 0 Å². The van der Waals surface area contributed by atoms with Gasteiger partial charge in [-0.3, -0.25) is 9.59 Å². The van der Waals surface area contributed by atoms with E-state index in [1.54, 1.807) is 4.90 Å². The normalized spacial score (nSPS) is 23.6. The summed E-state index contributed by atoms with van der Waals surface area (Å²) in [6.07, 6.45) is 1.96. The van der Waals surface area contributed by atoms with Crippen molar-refractivity contribution in [1.82, 2.24) is 15.1 Å². The molecule has 1 heterocycles. The van der Waals surface area contributed by atoms with Crippen LogP contribution in [0.15, 0.2) is 0 Å². The van der Waals surface area contributed by atoms with Crippen molar-refractivity contribution in [2.75, 3.05) is 27.2 Å². The van der Waals surface area contributed by atoms with Crippen LogP contribution >= 0.6 is 0 Å². The van der Waals surface area contributed by atoms with Crippen LogP contribution < -0.4 is 5.32 Å². The molecule has 1 unspecified atom stereocenters. The fourth-order valence-electron chi connectivity index (χ4n) is 2.52. The smallest absolute Gasteiger partial charge is 0.246 e. The van der Waals surface area contributed by atoms with Gasteiger partial charge in [-0.15, -0.1) is 0 Å². The van der Waals surface area contributed by atoms with E-state index in [1.807, 2.05) is 41.8 Å². The average molecular weight is 283 g/mol. The van der Waals surface area contributed by atoms with E-state index in [9.17, 15) is 9.59 Å². The van der Waals surface area contributed by atoms with E-state index in [-0.39, 0.29) is 17.4 Å². The highest BCUT2D eigenvalue weighted by Crippen LogP contribution is 2.31. The van der Waals surface area contributed by atoms with Crippen molar-refractivity contribution in [1.29, 1.82) is 0 Å². The topological polar surface area (TPSA) is 52.7 Å². The minimum Gasteiger partial charge on any atom is -0.349 e. The lowest BCUT2D eigenvalue weighted by molar-refractivity contribution is -0.141. The fourth-order valence-corrected chi connectivity index (χ4v) is 2.52. The molecule has 1 rings (SSSR count). The first-order chi connectivity index (χ1) is 9.06. The van der Waals surface area contributed by atoms with Crippen molar-refractivity contribution in [3.8, 4) is 0 Å². The van der Waals surface area contributed by atoms with Crippen LogP contribution in [0.2, 0.25) is 0 Å². The summed E-state index contributed by atoms with van der Waals surface area (Å²) in [7, 11) is 4.02. The molecule has 5 nitrogen and oxygen atoms in total. The molecule has 1 atom stereocenters. The molecule has 2 amide bonds. The van der Waals surface area contributed by atoms with Crippen molar-refractivity contribution >= 4 is 11.8 Å². The highest BCUT2D eigenvalue weighted by molar-refractivity contribution is 5.94. The van der Waals surface area contributed by atoms with Gasteiger partial charge in [0.25, 0.3) is 0 Å². The molecule has 0 aromatic rings. The van der Waals surface area contributed by atoms with Crippen LogP contribution in [0.1, 0.15) is 47.0 Å². The number of carbonyl (C=O) groups is 2. The first-order valence-electron chi connectivity index (χ1n) is 7.34. The Morgan fingerprint density at radius 1 is 1.40 bits per heavy atom. The van der Waals surface area contributed by atoms with E-state index in [0.717, 1.165) is 13.0 Å². The Bertz CT molecular complexity index is 374. The van der Waals surface area contributed by atoms with Crippen molar-refractivity contribution in [2.24, 2.45) is 0 Å². The standard InChI is InChI=1S/C15H29N3O2/c1-14(2,3)16-13(20)15(4)9-8-12(19)18(15)11-7-10-17(5)6/h7-11H2,1-6H3,(H,16,20). The van der Waals surface area contributed by atoms with Crippen LogP contribution in [0.25, 0.3) is 0 Å². The van der Waals surface area contributed by atoms with E-state index in [0.29, 0.717) is 19.4 Å². The van der Waals surface area contributed by atoms with E-state index >= 15 is 0 Å². The van der Waals surface area contributed by atoms with Crippen molar-refractivity contribution in [2.45, 2.75) is 58.0 Å². The molecule has 1 aliphatic heterocycles. The summed E-state index contributed by atoms with van der Waals surface area (Å²) in [4.78, 5) is 28.4. The molecular weight excluding hydrogens is 254 g/mol. The Hall–Kier alpha value is -1.10. The maximum atomic E-state index is 12.5. The molecule has 0 aromatic carbocycles. The summed E-state index contributed by atoms with van der Waals surface area (Å²) >= 11 is 0. The Balaban J connectivity index is 2.74. The lowest BCUT2D eigenvalue weighted by Gasteiger charge is -2.36. The van der Waals surface area contributed by atoms with E-state index in [1.165, 1.54) is 0 Å². The highest BCUT2D eigenvalue weighted by Gasteiger charge is 2.47. The fraction of sp³-hybridized carbons (Fsp3) is 0.867. The third kappa shape index (κ3) is 4.20. The minimum atomic E-state index is -0.698. The summed E-state index contributed by atoms with van der Waals surface area (Å²) in [5.41, 5.74) is -0.974. The Morgan fingerprint density at radius 2 is 2.00 bits per heavy atom. The predicted molar refractivity (Wildman–Crippen MR) is 80.4 cm³/mol. The lowest BCUT2D eigenvalue weighted by atomic mass is 9.95. The molecule has 5 heteroatoms. The van der Waals surface area contributed by atoms with Gasteiger partial charge in [-0.2, -0.15) is 0 Å². The third-order valence-corrected chi connectivity index (χ3v) is 3.69. The van der Waals surface area contributed by atoms with Crippen molar-refractivity contribution in [3.63, 3.8) is 0 Å². The monoisotopic (exact) mass is 283 g/mol. The van der Waals surface area contributed by atoms with Crippen LogP contribution in [-0.2, 0) is 9.59 Å². The molecule has 116 valence electrons. The maximum absolute atomic E-state index is 12.5. The second kappa shape index (κ2) is 6.12. The zero-order chi connectivity index (χ0) is 15.6. The molecule has 0 aliphatic carbocycles. The zero-order valence-corrected chi connectivity index (χ0v) is 13.7. The number of hydrogen-bond acceptors (Lipinski definition) is 3. The first kappa shape index (κ1) is 17.0. The van der Waals surface area contributed by atoms with E-state index < -0.39 is 5.54 Å². The van der Waals surface area contributed by atoms with Crippen molar-refractivity contribution in [3.05, 3.63) is 0 Å². The average Bonchev–Trinajstić information content (AvgIpc) is 2.55. The first-order valence-corrected chi connectivity index (χ1v) is 7.34. The summed E-state index contributed by atoms with van der Waals surface area (Å²) < 4.78 is 0. The molecule has 1 fully saturated rings. The number of carbonyl (C=O) groups excluding carboxylic acids is 2. The summed E-state index contributed by atoms with van der Waals surface area (Å²) in [6, 6.07) is 0. The van der Waals surface area contributed by atoms with Crippen LogP contribution in [-0.4, -0.2) is 59.9 Å². The number of likely N-dealkylation sites (tertiary alicyclic amines) is 1. The van der Waals surface area contributed by atoms with Crippen LogP contribution in [0.5, 0.6) is 0 Å². The molecule has 1 aliphatic rings. The van der Waals surface area contributed by atoms with Gasteiger partial charge in [0.2, 0.25) is 11.8 Å².